The molecule has 0 aliphatic carbocycles. The van der Waals surface area contributed by atoms with Crippen LogP contribution >= 0.6 is 22.9 Å². The Bertz CT molecular complexity index is 94.1. The van der Waals surface area contributed by atoms with Gasteiger partial charge in [0.1, 0.15) is 0 Å². The fourth-order valence-corrected chi connectivity index (χ4v) is 1.80. The quantitative estimate of drug-likeness (QED) is 0.346. The van der Waals surface area contributed by atoms with Gasteiger partial charge in [-0.1, -0.05) is 51.9 Å². The number of hydrogen-bond acceptors (Lipinski definition) is 1. The van der Waals surface area contributed by atoms with E-state index >= 15 is 0 Å². The van der Waals surface area contributed by atoms with Crippen molar-refractivity contribution < 1.29 is 0 Å². The summed E-state index contributed by atoms with van der Waals surface area (Å²) in [5, 5.41) is 0. The molecular weight excluding hydrogens is 273 g/mol. The Labute approximate surface area is 97.8 Å². The van der Waals surface area contributed by atoms with Gasteiger partial charge in [-0.3, -0.25) is 3.11 Å². The summed E-state index contributed by atoms with van der Waals surface area (Å²) in [6.45, 7) is 3.52. The van der Waals surface area contributed by atoms with Crippen LogP contribution in [-0.4, -0.2) is 16.7 Å². The van der Waals surface area contributed by atoms with E-state index in [2.05, 4.69) is 39.9 Å². The average Bonchev–Trinajstić information content (AvgIpc) is 2.09. The summed E-state index contributed by atoms with van der Waals surface area (Å²) in [5.41, 5.74) is 0. The van der Waals surface area contributed by atoms with Crippen LogP contribution in [0.3, 0.4) is 0 Å². The van der Waals surface area contributed by atoms with Crippen molar-refractivity contribution in [1.82, 2.24) is 3.11 Å². The van der Waals surface area contributed by atoms with Crippen LogP contribution in [0.15, 0.2) is 0 Å². The van der Waals surface area contributed by atoms with Crippen molar-refractivity contribution in [3.05, 3.63) is 0 Å². The molecule has 0 unspecified atom stereocenters. The lowest BCUT2D eigenvalue weighted by Gasteiger charge is -2.06. The molecule has 0 radical (unpaired) electrons. The molecule has 0 spiro atoms. The highest BCUT2D eigenvalue weighted by Crippen LogP contribution is 2.09. The van der Waals surface area contributed by atoms with Gasteiger partial charge in [-0.15, -0.1) is 0 Å². The largest absolute Gasteiger partial charge is 0.251 e. The van der Waals surface area contributed by atoms with Gasteiger partial charge in [0.25, 0.3) is 0 Å². The van der Waals surface area contributed by atoms with Gasteiger partial charge in [0.15, 0.2) is 0 Å². The molecule has 0 fully saturated rings. The van der Waals surface area contributed by atoms with E-state index in [9.17, 15) is 0 Å². The molecule has 0 aromatic carbocycles. The molecule has 0 atom stereocenters. The van der Waals surface area contributed by atoms with Crippen molar-refractivity contribution in [1.29, 1.82) is 0 Å². The van der Waals surface area contributed by atoms with E-state index < -0.39 is 0 Å². The van der Waals surface area contributed by atoms with Gasteiger partial charge in [-0.25, -0.2) is 0 Å². The summed E-state index contributed by atoms with van der Waals surface area (Å²) in [4.78, 5) is 0. The predicted molar refractivity (Wildman–Crippen MR) is 69.3 cm³/mol. The second kappa shape index (κ2) is 10.8. The minimum Gasteiger partial charge on any atom is -0.251 e. The molecule has 0 bridgehead atoms. The minimum absolute atomic E-state index is 1.25. The Morgan fingerprint density at radius 2 is 1.31 bits per heavy atom. The Balaban J connectivity index is 2.84. The van der Waals surface area contributed by atoms with Crippen LogP contribution in [0.5, 0.6) is 0 Å². The van der Waals surface area contributed by atoms with Crippen molar-refractivity contribution in [2.75, 3.05) is 13.6 Å². The van der Waals surface area contributed by atoms with Crippen molar-refractivity contribution >= 4 is 22.9 Å². The Kier molecular flexibility index (Phi) is 11.3. The Morgan fingerprint density at radius 1 is 0.846 bits per heavy atom. The molecule has 1 nitrogen and oxygen atoms in total. The van der Waals surface area contributed by atoms with Gasteiger partial charge < -0.3 is 0 Å². The zero-order valence-electron chi connectivity index (χ0n) is 9.19. The molecule has 0 saturated carbocycles. The van der Waals surface area contributed by atoms with Crippen LogP contribution in [0.2, 0.25) is 0 Å². The zero-order chi connectivity index (χ0) is 9.94. The molecule has 0 aromatic heterocycles. The molecule has 0 heterocycles. The van der Waals surface area contributed by atoms with Gasteiger partial charge in [0, 0.05) is 29.4 Å². The number of halogens is 1. The molecule has 0 saturated heterocycles. The molecule has 0 amide bonds. The SMILES string of the molecule is CCCCCCCCCCN(C)I. The first-order chi connectivity index (χ1) is 6.27. The summed E-state index contributed by atoms with van der Waals surface area (Å²) in [7, 11) is 2.14. The third-order valence-corrected chi connectivity index (χ3v) is 2.80. The maximum atomic E-state index is 2.36. The van der Waals surface area contributed by atoms with E-state index in [1.165, 1.54) is 57.9 Å². The third kappa shape index (κ3) is 12.7. The molecule has 0 N–H and O–H groups in total. The number of unbranched alkanes of at least 4 members (excludes halogenated alkanes) is 7. The Morgan fingerprint density at radius 3 is 1.77 bits per heavy atom. The summed E-state index contributed by atoms with van der Waals surface area (Å²) in [6.07, 6.45) is 11.4. The van der Waals surface area contributed by atoms with E-state index in [4.69, 9.17) is 0 Å². The van der Waals surface area contributed by atoms with E-state index in [-0.39, 0.29) is 0 Å². The molecule has 80 valence electrons. The first-order valence-electron chi connectivity index (χ1n) is 5.64. The second-order valence-corrected chi connectivity index (χ2v) is 5.45. The summed E-state index contributed by atoms with van der Waals surface area (Å²) in [5.74, 6) is 0. The highest BCUT2D eigenvalue weighted by molar-refractivity contribution is 14.1. The number of nitrogens with zero attached hydrogens (tertiary/aromatic N) is 1. The fourth-order valence-electron chi connectivity index (χ4n) is 1.46. The van der Waals surface area contributed by atoms with Crippen LogP contribution in [0.1, 0.15) is 58.3 Å². The Hall–Kier alpha value is 0.690. The lowest BCUT2D eigenvalue weighted by molar-refractivity contribution is 0.524. The topological polar surface area (TPSA) is 3.24 Å². The average molecular weight is 297 g/mol. The lowest BCUT2D eigenvalue weighted by atomic mass is 10.1. The van der Waals surface area contributed by atoms with Crippen molar-refractivity contribution in [2.24, 2.45) is 0 Å². The number of rotatable bonds is 9. The summed E-state index contributed by atoms with van der Waals surface area (Å²) < 4.78 is 2.24. The molecule has 0 aromatic rings. The zero-order valence-corrected chi connectivity index (χ0v) is 11.3. The third-order valence-electron chi connectivity index (χ3n) is 2.32. The van der Waals surface area contributed by atoms with Gasteiger partial charge in [-0.05, 0) is 13.5 Å². The van der Waals surface area contributed by atoms with Gasteiger partial charge in [-0.2, -0.15) is 0 Å². The van der Waals surface area contributed by atoms with Crippen LogP contribution in [0.25, 0.3) is 0 Å². The molecule has 0 rings (SSSR count). The van der Waals surface area contributed by atoms with Crippen molar-refractivity contribution in [2.45, 2.75) is 58.3 Å². The first kappa shape index (κ1) is 13.7. The fraction of sp³-hybridized carbons (Fsp3) is 1.00. The molecule has 2 heteroatoms. The van der Waals surface area contributed by atoms with Crippen molar-refractivity contribution in [3.63, 3.8) is 0 Å². The van der Waals surface area contributed by atoms with Gasteiger partial charge >= 0.3 is 0 Å². The van der Waals surface area contributed by atoms with Gasteiger partial charge in [0.05, 0.1) is 0 Å². The van der Waals surface area contributed by atoms with E-state index in [1.54, 1.807) is 0 Å². The molecule has 13 heavy (non-hydrogen) atoms. The minimum atomic E-state index is 1.25. The van der Waals surface area contributed by atoms with E-state index in [1.807, 2.05) is 0 Å². The number of hydrogen-bond donors (Lipinski definition) is 0. The van der Waals surface area contributed by atoms with Crippen LogP contribution in [0, 0.1) is 0 Å². The molecular formula is C11H24IN. The maximum absolute atomic E-state index is 2.36. The highest BCUT2D eigenvalue weighted by atomic mass is 127. The standard InChI is InChI=1S/C11H24IN/c1-3-4-5-6-7-8-9-10-11-13(2)12/h3-11H2,1-2H3. The van der Waals surface area contributed by atoms with E-state index in [0.717, 1.165) is 0 Å². The second-order valence-electron chi connectivity index (χ2n) is 3.80. The van der Waals surface area contributed by atoms with Crippen LogP contribution < -0.4 is 0 Å². The predicted octanol–water partition coefficient (Wildman–Crippen LogP) is 4.41. The highest BCUT2D eigenvalue weighted by Gasteiger charge is 1.93. The first-order valence-corrected chi connectivity index (χ1v) is 6.60. The maximum Gasteiger partial charge on any atom is 0.0198 e. The van der Waals surface area contributed by atoms with Crippen LogP contribution in [0.4, 0.5) is 0 Å². The molecule has 0 aliphatic heterocycles. The van der Waals surface area contributed by atoms with Crippen LogP contribution in [-0.2, 0) is 0 Å². The normalized spacial score (nSPS) is 11.1. The smallest absolute Gasteiger partial charge is 0.0198 e. The lowest BCUT2D eigenvalue weighted by Crippen LogP contribution is -2.04. The summed E-state index contributed by atoms with van der Waals surface area (Å²) in [6, 6.07) is 0. The monoisotopic (exact) mass is 297 g/mol. The van der Waals surface area contributed by atoms with Gasteiger partial charge in [0.2, 0.25) is 0 Å². The van der Waals surface area contributed by atoms with Crippen molar-refractivity contribution in [3.8, 4) is 0 Å². The molecule has 0 aliphatic rings. The summed E-state index contributed by atoms with van der Waals surface area (Å²) >= 11 is 2.36. The van der Waals surface area contributed by atoms with E-state index in [0.29, 0.717) is 0 Å².